The molecule has 19 nitrogen and oxygen atoms in total. The van der Waals surface area contributed by atoms with Crippen molar-refractivity contribution in [3.8, 4) is 11.3 Å². The highest BCUT2D eigenvalue weighted by Crippen LogP contribution is 2.31. The lowest BCUT2D eigenvalue weighted by Gasteiger charge is -2.44. The fourth-order valence-corrected chi connectivity index (χ4v) is 9.69. The number of hydrogen-bond acceptors (Lipinski definition) is 14. The Hall–Kier alpha value is -6.29. The van der Waals surface area contributed by atoms with Crippen LogP contribution in [0, 0.1) is 5.92 Å². The van der Waals surface area contributed by atoms with Crippen molar-refractivity contribution >= 4 is 73.5 Å². The van der Waals surface area contributed by atoms with E-state index in [1.54, 1.807) is 12.1 Å². The van der Waals surface area contributed by atoms with Gasteiger partial charge in [-0.25, -0.2) is 13.4 Å². The van der Waals surface area contributed by atoms with Crippen LogP contribution in [0.3, 0.4) is 0 Å². The molecule has 342 valence electrons. The summed E-state index contributed by atoms with van der Waals surface area (Å²) >= 11 is 1.24. The molecule has 0 bridgehead atoms. The fraction of sp³-hybridized carbons (Fsp3) is 0.409. The van der Waals surface area contributed by atoms with Gasteiger partial charge in [-0.05, 0) is 43.5 Å². The average molecular weight is 928 g/mol. The molecule has 2 atom stereocenters. The lowest BCUT2D eigenvalue weighted by molar-refractivity contribution is -0.138. The minimum atomic E-state index is -3.61. The number of imide groups is 2. The van der Waals surface area contributed by atoms with Gasteiger partial charge in [0.1, 0.15) is 12.1 Å². The van der Waals surface area contributed by atoms with Crippen LogP contribution in [-0.4, -0.2) is 151 Å². The fourth-order valence-electron chi connectivity index (χ4n) is 8.38. The van der Waals surface area contributed by atoms with Crippen molar-refractivity contribution in [1.29, 1.82) is 0 Å². The first-order valence-corrected chi connectivity index (χ1v) is 24.1. The van der Waals surface area contributed by atoms with Gasteiger partial charge in [-0.1, -0.05) is 30.3 Å². The molecule has 0 radical (unpaired) electrons. The Morgan fingerprint density at radius 3 is 2.43 bits per heavy atom. The Bertz CT molecular complexity index is 2600. The van der Waals surface area contributed by atoms with Gasteiger partial charge in [0.05, 0.1) is 28.6 Å². The molecular formula is C44H49N9O10S2. The molecule has 3 fully saturated rings. The van der Waals surface area contributed by atoms with Crippen LogP contribution < -0.4 is 20.9 Å². The molecule has 4 aliphatic heterocycles. The van der Waals surface area contributed by atoms with Crippen molar-refractivity contribution in [3.05, 3.63) is 89.1 Å². The van der Waals surface area contributed by atoms with Crippen LogP contribution in [0.15, 0.2) is 72.4 Å². The summed E-state index contributed by atoms with van der Waals surface area (Å²) in [6.07, 6.45) is 4.50. The SMILES string of the molecule is CS(=O)(=O)n1ccc(C(=O)N[C@@H](CCOCCCC(=O)N2CC(CN3CCN(c4ccc5c(c4)C(=O)N(C4CCC(=O)NC4=O)C5=O)CC3)C2)C(=O)Nc2nc(-c3ccccc3)cs2)c1. The normalized spacial score (nSPS) is 18.6. The van der Waals surface area contributed by atoms with E-state index in [0.29, 0.717) is 55.8 Å². The maximum atomic E-state index is 13.4. The molecule has 21 heteroatoms. The van der Waals surface area contributed by atoms with Gasteiger partial charge in [-0.15, -0.1) is 11.3 Å². The maximum absolute atomic E-state index is 13.4. The van der Waals surface area contributed by atoms with Gasteiger partial charge in [0.25, 0.3) is 17.7 Å². The molecule has 0 aliphatic carbocycles. The molecule has 8 rings (SSSR count). The summed E-state index contributed by atoms with van der Waals surface area (Å²) in [5.74, 6) is -2.87. The van der Waals surface area contributed by atoms with Crippen molar-refractivity contribution < 1.29 is 46.7 Å². The third-order valence-corrected chi connectivity index (χ3v) is 13.7. The van der Waals surface area contributed by atoms with Crippen LogP contribution in [0.5, 0.6) is 0 Å². The van der Waals surface area contributed by atoms with Crippen LogP contribution in [-0.2, 0) is 33.9 Å². The molecule has 4 aliphatic rings. The molecule has 0 spiro atoms. The van der Waals surface area contributed by atoms with Gasteiger partial charge >= 0.3 is 0 Å². The van der Waals surface area contributed by atoms with Gasteiger partial charge in [0.2, 0.25) is 33.7 Å². The summed E-state index contributed by atoms with van der Waals surface area (Å²) in [6.45, 7) is 5.57. The van der Waals surface area contributed by atoms with E-state index >= 15 is 0 Å². The molecule has 2 aromatic heterocycles. The Balaban J connectivity index is 0.744. The molecule has 3 N–H and O–H groups in total. The molecule has 0 saturated carbocycles. The van der Waals surface area contributed by atoms with E-state index < -0.39 is 57.6 Å². The van der Waals surface area contributed by atoms with E-state index in [0.717, 1.165) is 46.0 Å². The average Bonchev–Trinajstić information content (AvgIpc) is 4.02. The molecular weight excluding hydrogens is 879 g/mol. The third-order valence-electron chi connectivity index (χ3n) is 12.0. The number of thiazole rings is 1. The second-order valence-electron chi connectivity index (χ2n) is 16.5. The van der Waals surface area contributed by atoms with Crippen molar-refractivity contribution in [2.24, 2.45) is 5.92 Å². The lowest BCUT2D eigenvalue weighted by atomic mass is 9.98. The summed E-state index contributed by atoms with van der Waals surface area (Å²) in [4.78, 5) is 102. The number of benzene rings is 2. The summed E-state index contributed by atoms with van der Waals surface area (Å²) < 4.78 is 30.6. The van der Waals surface area contributed by atoms with Crippen LogP contribution in [0.4, 0.5) is 10.8 Å². The molecule has 2 aromatic carbocycles. The molecule has 3 saturated heterocycles. The van der Waals surface area contributed by atoms with Gasteiger partial charge in [-0.2, -0.15) is 0 Å². The van der Waals surface area contributed by atoms with Crippen LogP contribution in [0.1, 0.15) is 63.2 Å². The predicted molar refractivity (Wildman–Crippen MR) is 239 cm³/mol. The number of aromatic nitrogens is 2. The number of piperidine rings is 1. The van der Waals surface area contributed by atoms with Crippen molar-refractivity contribution in [3.63, 3.8) is 0 Å². The first-order chi connectivity index (χ1) is 31.2. The Kier molecular flexibility index (Phi) is 13.5. The number of carbonyl (C=O) groups excluding carboxylic acids is 7. The second kappa shape index (κ2) is 19.4. The van der Waals surface area contributed by atoms with E-state index in [1.807, 2.05) is 46.7 Å². The van der Waals surface area contributed by atoms with Crippen LogP contribution in [0.2, 0.25) is 0 Å². The van der Waals surface area contributed by atoms with E-state index in [2.05, 4.69) is 30.7 Å². The lowest BCUT2D eigenvalue weighted by Crippen LogP contribution is -2.56. The number of carbonyl (C=O) groups is 7. The summed E-state index contributed by atoms with van der Waals surface area (Å²) in [5, 5.41) is 9.85. The molecule has 65 heavy (non-hydrogen) atoms. The molecule has 1 unspecified atom stereocenters. The Morgan fingerprint density at radius 1 is 0.954 bits per heavy atom. The highest BCUT2D eigenvalue weighted by Gasteiger charge is 2.45. The smallest absolute Gasteiger partial charge is 0.262 e. The van der Waals surface area contributed by atoms with E-state index in [9.17, 15) is 42.0 Å². The number of likely N-dealkylation sites (tertiary alicyclic amines) is 1. The highest BCUT2D eigenvalue weighted by atomic mass is 32.2. The largest absolute Gasteiger partial charge is 0.381 e. The quantitative estimate of drug-likeness (QED) is 0.102. The summed E-state index contributed by atoms with van der Waals surface area (Å²) in [6, 6.07) is 14.0. The number of nitrogens with one attached hydrogen (secondary N) is 3. The van der Waals surface area contributed by atoms with Crippen molar-refractivity contribution in [2.45, 2.75) is 44.2 Å². The number of nitrogens with zero attached hydrogens (tertiary/aromatic N) is 6. The standard InChI is InChI=1S/C44H49N9O10S2/c1-65(61,62)52-15-13-30(26-52)39(56)45-34(40(57)48-44-46-35(27-64-44)29-6-3-2-4-7-29)14-21-63-20-5-8-38(55)51-24-28(25-51)23-49-16-18-50(19-17-49)31-9-10-32-33(22-31)43(60)53(42(32)59)36-11-12-37(54)47-41(36)58/h2-4,6-7,9-10,13,15,22,26-28,34,36H,5,8,11-12,14,16-21,23-25H2,1H3,(H,45,56)(H,46,48,57)(H,47,54,58)/t34-,36?/m0/s1. The van der Waals surface area contributed by atoms with E-state index in [4.69, 9.17) is 4.74 Å². The number of piperazine rings is 1. The minimum absolute atomic E-state index is 0.0411. The molecule has 7 amide bonds. The summed E-state index contributed by atoms with van der Waals surface area (Å²) in [7, 11) is -3.61. The first-order valence-electron chi connectivity index (χ1n) is 21.4. The van der Waals surface area contributed by atoms with Gasteiger partial charge in [0.15, 0.2) is 5.13 Å². The number of amides is 7. The van der Waals surface area contributed by atoms with Crippen molar-refractivity contribution in [1.82, 2.24) is 34.3 Å². The predicted octanol–water partition coefficient (Wildman–Crippen LogP) is 2.03. The second-order valence-corrected chi connectivity index (χ2v) is 19.3. The molecule has 6 heterocycles. The minimum Gasteiger partial charge on any atom is -0.381 e. The molecule has 4 aromatic rings. The van der Waals surface area contributed by atoms with Crippen LogP contribution in [0.25, 0.3) is 11.3 Å². The highest BCUT2D eigenvalue weighted by molar-refractivity contribution is 7.89. The number of anilines is 2. The monoisotopic (exact) mass is 927 g/mol. The zero-order chi connectivity index (χ0) is 45.8. The number of hydrogen-bond donors (Lipinski definition) is 3. The third kappa shape index (κ3) is 10.5. The van der Waals surface area contributed by atoms with Crippen LogP contribution >= 0.6 is 11.3 Å². The number of fused-ring (bicyclic) bond motifs is 1. The zero-order valence-corrected chi connectivity index (χ0v) is 37.3. The zero-order valence-electron chi connectivity index (χ0n) is 35.6. The summed E-state index contributed by atoms with van der Waals surface area (Å²) in [5.41, 5.74) is 2.97. The first kappa shape index (κ1) is 45.3. The number of rotatable bonds is 17. The topological polar surface area (TPSA) is 230 Å². The Labute approximate surface area is 379 Å². The Morgan fingerprint density at radius 2 is 1.71 bits per heavy atom. The van der Waals surface area contributed by atoms with E-state index in [-0.39, 0.29) is 55.1 Å². The van der Waals surface area contributed by atoms with Gasteiger partial charge in [-0.3, -0.25) is 52.7 Å². The van der Waals surface area contributed by atoms with Gasteiger partial charge < -0.3 is 25.2 Å². The van der Waals surface area contributed by atoms with E-state index in [1.165, 1.54) is 29.8 Å². The number of ether oxygens (including phenoxy) is 1. The van der Waals surface area contributed by atoms with Gasteiger partial charge in [0, 0.05) is 107 Å². The van der Waals surface area contributed by atoms with Crippen molar-refractivity contribution in [2.75, 3.05) is 75.5 Å². The maximum Gasteiger partial charge on any atom is 0.262 e.